The van der Waals surface area contributed by atoms with Crippen LogP contribution in [0.5, 0.6) is 0 Å². The van der Waals surface area contributed by atoms with Crippen LogP contribution in [0.15, 0.2) is 5.38 Å². The summed E-state index contributed by atoms with van der Waals surface area (Å²) in [4.78, 5) is 16.3. The van der Waals surface area contributed by atoms with E-state index in [1.807, 2.05) is 12.3 Å². The molecular weight excluding hydrogens is 234 g/mol. The van der Waals surface area contributed by atoms with Crippen molar-refractivity contribution in [2.75, 3.05) is 6.54 Å². The zero-order chi connectivity index (χ0) is 12.1. The van der Waals surface area contributed by atoms with Crippen LogP contribution < -0.4 is 10.6 Å². The molecule has 2 N–H and O–H groups in total. The number of carbonyl (C=O) groups excluding carboxylic acids is 1. The van der Waals surface area contributed by atoms with Crippen LogP contribution in [0.25, 0.3) is 0 Å². The van der Waals surface area contributed by atoms with Crippen molar-refractivity contribution in [2.24, 2.45) is 0 Å². The number of nitrogens with one attached hydrogen (secondary N) is 2. The second-order valence-corrected chi connectivity index (χ2v) is 5.40. The van der Waals surface area contributed by atoms with Gasteiger partial charge in [-0.3, -0.25) is 4.79 Å². The van der Waals surface area contributed by atoms with Crippen LogP contribution in [0, 0.1) is 6.92 Å². The summed E-state index contributed by atoms with van der Waals surface area (Å²) in [5.74, 6) is 0.111. The lowest BCUT2D eigenvalue weighted by atomic mass is 10.1. The fourth-order valence-electron chi connectivity index (χ4n) is 2.02. The fraction of sp³-hybridized carbons (Fsp3) is 0.667. The topological polar surface area (TPSA) is 54.0 Å². The molecule has 1 fully saturated rings. The van der Waals surface area contributed by atoms with Gasteiger partial charge in [0.25, 0.3) is 0 Å². The van der Waals surface area contributed by atoms with Crippen LogP contribution in [0.4, 0.5) is 0 Å². The number of rotatable bonds is 3. The molecule has 1 aliphatic rings. The van der Waals surface area contributed by atoms with E-state index in [1.54, 1.807) is 11.3 Å². The summed E-state index contributed by atoms with van der Waals surface area (Å²) < 4.78 is 0. The minimum atomic E-state index is -0.0152. The molecular formula is C12H19N3OS. The van der Waals surface area contributed by atoms with E-state index in [0.717, 1.165) is 30.1 Å². The Hall–Kier alpha value is -0.940. The van der Waals surface area contributed by atoms with E-state index in [9.17, 15) is 4.79 Å². The van der Waals surface area contributed by atoms with Crippen LogP contribution in [0.2, 0.25) is 0 Å². The van der Waals surface area contributed by atoms with Gasteiger partial charge in [-0.05, 0) is 26.3 Å². The molecule has 0 saturated carbocycles. The first-order valence-electron chi connectivity index (χ1n) is 6.18. The number of aromatic nitrogens is 1. The molecule has 17 heavy (non-hydrogen) atoms. The highest BCUT2D eigenvalue weighted by molar-refractivity contribution is 7.09. The molecule has 94 valence electrons. The lowest BCUT2D eigenvalue weighted by molar-refractivity contribution is -0.123. The third kappa shape index (κ3) is 3.78. The molecule has 1 aliphatic heterocycles. The van der Waals surface area contributed by atoms with Crippen LogP contribution >= 0.6 is 11.3 Å². The number of thiazole rings is 1. The second-order valence-electron chi connectivity index (χ2n) is 4.46. The zero-order valence-electron chi connectivity index (χ0n) is 10.2. The van der Waals surface area contributed by atoms with Gasteiger partial charge < -0.3 is 10.6 Å². The normalized spacial score (nSPS) is 20.9. The Kier molecular flexibility index (Phi) is 4.50. The molecule has 0 aliphatic carbocycles. The summed E-state index contributed by atoms with van der Waals surface area (Å²) in [6.07, 6.45) is 4.49. The van der Waals surface area contributed by atoms with Gasteiger partial charge in [-0.15, -0.1) is 11.3 Å². The average molecular weight is 253 g/mol. The minimum absolute atomic E-state index is 0.0152. The number of nitrogens with zero attached hydrogens (tertiary/aromatic N) is 1. The van der Waals surface area contributed by atoms with Gasteiger partial charge in [-0.1, -0.05) is 12.8 Å². The third-order valence-corrected chi connectivity index (χ3v) is 3.92. The highest BCUT2D eigenvalue weighted by atomic mass is 32.1. The van der Waals surface area contributed by atoms with Crippen molar-refractivity contribution in [1.82, 2.24) is 15.6 Å². The molecule has 1 atom stereocenters. The first kappa shape index (κ1) is 12.5. The SMILES string of the molecule is Cc1csc(CNC(=O)C2CCCCCN2)n1. The molecule has 1 unspecified atom stereocenters. The van der Waals surface area contributed by atoms with Gasteiger partial charge in [-0.2, -0.15) is 0 Å². The monoisotopic (exact) mass is 253 g/mol. The van der Waals surface area contributed by atoms with Crippen molar-refractivity contribution in [3.8, 4) is 0 Å². The molecule has 1 amide bonds. The number of amides is 1. The van der Waals surface area contributed by atoms with Crippen molar-refractivity contribution in [3.05, 3.63) is 16.1 Å². The number of carbonyl (C=O) groups is 1. The van der Waals surface area contributed by atoms with Crippen molar-refractivity contribution in [1.29, 1.82) is 0 Å². The second kappa shape index (κ2) is 6.12. The van der Waals surface area contributed by atoms with E-state index in [-0.39, 0.29) is 11.9 Å². The van der Waals surface area contributed by atoms with Crippen molar-refractivity contribution < 1.29 is 4.79 Å². The first-order valence-corrected chi connectivity index (χ1v) is 7.06. The van der Waals surface area contributed by atoms with Gasteiger partial charge >= 0.3 is 0 Å². The Morgan fingerprint density at radius 2 is 2.47 bits per heavy atom. The highest BCUT2D eigenvalue weighted by Gasteiger charge is 2.19. The van der Waals surface area contributed by atoms with Gasteiger partial charge in [0.1, 0.15) is 5.01 Å². The number of aryl methyl sites for hydroxylation is 1. The molecule has 2 rings (SSSR count). The molecule has 0 spiro atoms. The molecule has 4 nitrogen and oxygen atoms in total. The summed E-state index contributed by atoms with van der Waals surface area (Å²) >= 11 is 1.60. The summed E-state index contributed by atoms with van der Waals surface area (Å²) in [7, 11) is 0. The van der Waals surface area contributed by atoms with Gasteiger partial charge in [0.15, 0.2) is 0 Å². The average Bonchev–Trinajstić information content (AvgIpc) is 2.58. The predicted octanol–water partition coefficient (Wildman–Crippen LogP) is 1.60. The van der Waals surface area contributed by atoms with E-state index in [1.165, 1.54) is 12.8 Å². The van der Waals surface area contributed by atoms with Crippen LogP contribution in [0.1, 0.15) is 36.4 Å². The summed E-state index contributed by atoms with van der Waals surface area (Å²) in [6.45, 7) is 3.47. The van der Waals surface area contributed by atoms with Crippen LogP contribution in [0.3, 0.4) is 0 Å². The molecule has 5 heteroatoms. The van der Waals surface area contributed by atoms with Crippen LogP contribution in [-0.2, 0) is 11.3 Å². The lowest BCUT2D eigenvalue weighted by Gasteiger charge is -2.14. The standard InChI is InChI=1S/C12H19N3OS/c1-9-8-17-11(15-9)7-14-12(16)10-5-3-2-4-6-13-10/h8,10,13H,2-7H2,1H3,(H,14,16). The summed E-state index contributed by atoms with van der Waals surface area (Å²) in [5, 5.41) is 9.23. The molecule has 1 saturated heterocycles. The van der Waals surface area contributed by atoms with Crippen molar-refractivity contribution in [2.45, 2.75) is 45.2 Å². The minimum Gasteiger partial charge on any atom is -0.348 e. The largest absolute Gasteiger partial charge is 0.348 e. The molecule has 0 radical (unpaired) electrons. The molecule has 1 aromatic heterocycles. The Balaban J connectivity index is 1.79. The third-order valence-electron chi connectivity index (χ3n) is 2.96. The Labute approximate surface area is 106 Å². The predicted molar refractivity (Wildman–Crippen MR) is 69.0 cm³/mol. The van der Waals surface area contributed by atoms with E-state index in [2.05, 4.69) is 15.6 Å². The highest BCUT2D eigenvalue weighted by Crippen LogP contribution is 2.10. The zero-order valence-corrected chi connectivity index (χ0v) is 11.0. The quantitative estimate of drug-likeness (QED) is 0.860. The van der Waals surface area contributed by atoms with Gasteiger partial charge in [0.2, 0.25) is 5.91 Å². The molecule has 0 bridgehead atoms. The maximum Gasteiger partial charge on any atom is 0.237 e. The number of hydrogen-bond donors (Lipinski definition) is 2. The molecule has 2 heterocycles. The van der Waals surface area contributed by atoms with Gasteiger partial charge in [0.05, 0.1) is 12.6 Å². The Morgan fingerprint density at radius 1 is 1.59 bits per heavy atom. The van der Waals surface area contributed by atoms with E-state index < -0.39 is 0 Å². The van der Waals surface area contributed by atoms with Crippen molar-refractivity contribution >= 4 is 17.2 Å². The van der Waals surface area contributed by atoms with E-state index in [0.29, 0.717) is 6.54 Å². The maximum atomic E-state index is 11.9. The smallest absolute Gasteiger partial charge is 0.237 e. The maximum absolute atomic E-state index is 11.9. The van der Waals surface area contributed by atoms with Gasteiger partial charge in [-0.25, -0.2) is 4.98 Å². The number of hydrogen-bond acceptors (Lipinski definition) is 4. The van der Waals surface area contributed by atoms with Crippen LogP contribution in [-0.4, -0.2) is 23.5 Å². The summed E-state index contributed by atoms with van der Waals surface area (Å²) in [6, 6.07) is -0.0152. The first-order chi connectivity index (χ1) is 8.25. The summed E-state index contributed by atoms with van der Waals surface area (Å²) in [5.41, 5.74) is 1.02. The Bertz CT molecular complexity index is 370. The van der Waals surface area contributed by atoms with E-state index >= 15 is 0 Å². The lowest BCUT2D eigenvalue weighted by Crippen LogP contribution is -2.43. The van der Waals surface area contributed by atoms with E-state index in [4.69, 9.17) is 0 Å². The molecule has 1 aromatic rings. The Morgan fingerprint density at radius 3 is 3.24 bits per heavy atom. The van der Waals surface area contributed by atoms with Crippen molar-refractivity contribution in [3.63, 3.8) is 0 Å². The molecule has 0 aromatic carbocycles. The fourth-order valence-corrected chi connectivity index (χ4v) is 2.73. The van der Waals surface area contributed by atoms with Gasteiger partial charge in [0, 0.05) is 11.1 Å².